The number of aromatic nitrogens is 1. The molecule has 1 unspecified atom stereocenters. The van der Waals surface area contributed by atoms with Crippen LogP contribution in [0.2, 0.25) is 5.02 Å². The minimum atomic E-state index is -4.54. The largest absolute Gasteiger partial charge is 0.416 e. The van der Waals surface area contributed by atoms with Crippen LogP contribution in [0, 0.1) is 0 Å². The van der Waals surface area contributed by atoms with E-state index >= 15 is 0 Å². The van der Waals surface area contributed by atoms with Crippen LogP contribution in [0.4, 0.5) is 19.0 Å². The number of alkyl halides is 3. The zero-order chi connectivity index (χ0) is 26.3. The topological polar surface area (TPSA) is 123 Å². The molecule has 36 heavy (non-hydrogen) atoms. The number of benzene rings is 2. The van der Waals surface area contributed by atoms with Crippen molar-refractivity contribution in [2.24, 2.45) is 5.73 Å². The van der Waals surface area contributed by atoms with E-state index in [9.17, 15) is 22.8 Å². The van der Waals surface area contributed by atoms with Crippen LogP contribution in [-0.4, -0.2) is 28.9 Å². The lowest BCUT2D eigenvalue weighted by Crippen LogP contribution is -2.53. The molecule has 0 aliphatic carbocycles. The Morgan fingerprint density at radius 2 is 1.64 bits per heavy atom. The Kier molecular flexibility index (Phi) is 8.89. The monoisotopic (exact) mass is 519 g/mol. The van der Waals surface area contributed by atoms with Crippen LogP contribution >= 0.6 is 11.6 Å². The molecule has 2 amide bonds. The van der Waals surface area contributed by atoms with E-state index in [1.54, 1.807) is 36.4 Å². The molecular formula is C25H25ClF3N5O2. The lowest BCUT2D eigenvalue weighted by Gasteiger charge is -2.21. The third-order valence-corrected chi connectivity index (χ3v) is 5.60. The summed E-state index contributed by atoms with van der Waals surface area (Å²) >= 11 is 5.88. The number of hydrogen-bond donors (Lipinski definition) is 4. The Morgan fingerprint density at radius 1 is 0.944 bits per heavy atom. The van der Waals surface area contributed by atoms with Crippen molar-refractivity contribution in [3.63, 3.8) is 0 Å². The lowest BCUT2D eigenvalue weighted by atomic mass is 10.0. The van der Waals surface area contributed by atoms with Gasteiger partial charge in [0.25, 0.3) is 0 Å². The van der Waals surface area contributed by atoms with Gasteiger partial charge in [-0.05, 0) is 47.4 Å². The van der Waals surface area contributed by atoms with Crippen molar-refractivity contribution in [3.8, 4) is 0 Å². The van der Waals surface area contributed by atoms with Gasteiger partial charge in [-0.2, -0.15) is 13.2 Å². The van der Waals surface area contributed by atoms with Crippen molar-refractivity contribution in [2.45, 2.75) is 37.6 Å². The van der Waals surface area contributed by atoms with Gasteiger partial charge < -0.3 is 22.1 Å². The average molecular weight is 520 g/mol. The van der Waals surface area contributed by atoms with Gasteiger partial charge in [-0.15, -0.1) is 0 Å². The van der Waals surface area contributed by atoms with Crippen molar-refractivity contribution in [3.05, 3.63) is 94.1 Å². The van der Waals surface area contributed by atoms with Gasteiger partial charge in [0.05, 0.1) is 11.6 Å². The van der Waals surface area contributed by atoms with Crippen LogP contribution in [0.25, 0.3) is 0 Å². The molecule has 3 aromatic rings. The van der Waals surface area contributed by atoms with E-state index in [0.29, 0.717) is 16.4 Å². The summed E-state index contributed by atoms with van der Waals surface area (Å²) in [7, 11) is 0. The summed E-state index contributed by atoms with van der Waals surface area (Å²) in [4.78, 5) is 29.7. The Bertz CT molecular complexity index is 1190. The molecule has 2 atom stereocenters. The van der Waals surface area contributed by atoms with Crippen molar-refractivity contribution in [2.75, 3.05) is 5.73 Å². The summed E-state index contributed by atoms with van der Waals surface area (Å²) < 4.78 is 39.5. The van der Waals surface area contributed by atoms with Gasteiger partial charge in [-0.1, -0.05) is 48.0 Å². The van der Waals surface area contributed by atoms with Gasteiger partial charge in [0.1, 0.15) is 11.9 Å². The summed E-state index contributed by atoms with van der Waals surface area (Å²) in [6.07, 6.45) is -3.05. The third kappa shape index (κ3) is 7.96. The van der Waals surface area contributed by atoms with E-state index in [1.165, 1.54) is 18.3 Å². The van der Waals surface area contributed by atoms with Crippen molar-refractivity contribution in [1.82, 2.24) is 15.6 Å². The molecule has 0 aliphatic heterocycles. The van der Waals surface area contributed by atoms with Crippen LogP contribution in [-0.2, 0) is 35.2 Å². The summed E-state index contributed by atoms with van der Waals surface area (Å²) in [5.41, 5.74) is 12.4. The van der Waals surface area contributed by atoms with Gasteiger partial charge >= 0.3 is 6.18 Å². The third-order valence-electron chi connectivity index (χ3n) is 5.35. The Morgan fingerprint density at radius 3 is 2.28 bits per heavy atom. The van der Waals surface area contributed by atoms with E-state index in [-0.39, 0.29) is 24.9 Å². The molecule has 7 nitrogen and oxygen atoms in total. The normalized spacial score (nSPS) is 13.0. The number of amides is 2. The van der Waals surface area contributed by atoms with E-state index in [2.05, 4.69) is 15.6 Å². The van der Waals surface area contributed by atoms with Crippen LogP contribution in [0.5, 0.6) is 0 Å². The maximum atomic E-state index is 13.2. The predicted molar refractivity (Wildman–Crippen MR) is 131 cm³/mol. The number of halogens is 4. The van der Waals surface area contributed by atoms with E-state index in [4.69, 9.17) is 23.1 Å². The van der Waals surface area contributed by atoms with Crippen molar-refractivity contribution < 1.29 is 22.8 Å². The molecule has 11 heteroatoms. The molecule has 2 aromatic carbocycles. The Balaban J connectivity index is 1.74. The number of pyridine rings is 1. The second kappa shape index (κ2) is 11.9. The number of nitrogens with two attached hydrogens (primary N) is 2. The summed E-state index contributed by atoms with van der Waals surface area (Å²) in [6, 6.07) is 12.5. The zero-order valence-electron chi connectivity index (χ0n) is 19.1. The van der Waals surface area contributed by atoms with Gasteiger partial charge in [0.2, 0.25) is 11.8 Å². The fourth-order valence-electron chi connectivity index (χ4n) is 3.42. The van der Waals surface area contributed by atoms with Crippen LogP contribution in [0.15, 0.2) is 66.9 Å². The van der Waals surface area contributed by atoms with Gasteiger partial charge in [-0.3, -0.25) is 9.59 Å². The second-order valence-corrected chi connectivity index (χ2v) is 8.65. The molecule has 0 fully saturated rings. The smallest absolute Gasteiger partial charge is 0.384 e. The van der Waals surface area contributed by atoms with Crippen molar-refractivity contribution >= 4 is 29.2 Å². The maximum absolute atomic E-state index is 13.2. The molecule has 1 aromatic heterocycles. The van der Waals surface area contributed by atoms with Crippen LogP contribution < -0.4 is 22.1 Å². The fourth-order valence-corrected chi connectivity index (χ4v) is 3.54. The highest BCUT2D eigenvalue weighted by Crippen LogP contribution is 2.29. The second-order valence-electron chi connectivity index (χ2n) is 8.21. The van der Waals surface area contributed by atoms with Crippen LogP contribution in [0.1, 0.15) is 22.3 Å². The first kappa shape index (κ1) is 27.0. The summed E-state index contributed by atoms with van der Waals surface area (Å²) in [5, 5.41) is 5.79. The number of carbonyl (C=O) groups excluding carboxylic acids is 2. The first-order valence-electron chi connectivity index (χ1n) is 11.0. The minimum Gasteiger partial charge on any atom is -0.384 e. The molecule has 0 bridgehead atoms. The van der Waals surface area contributed by atoms with E-state index in [0.717, 1.165) is 17.7 Å². The molecule has 190 valence electrons. The lowest BCUT2D eigenvalue weighted by molar-refractivity contribution is -0.137. The summed E-state index contributed by atoms with van der Waals surface area (Å²) in [5.74, 6) is -0.892. The molecule has 0 saturated heterocycles. The number of nitrogen functional groups attached to an aromatic ring is 1. The molecular weight excluding hydrogens is 495 g/mol. The minimum absolute atomic E-state index is 0.0813. The molecule has 1 heterocycles. The molecule has 0 aliphatic rings. The molecule has 6 N–H and O–H groups in total. The first-order chi connectivity index (χ1) is 17.0. The zero-order valence-corrected chi connectivity index (χ0v) is 19.8. The number of anilines is 1. The number of carbonyl (C=O) groups is 2. The van der Waals surface area contributed by atoms with Crippen molar-refractivity contribution in [1.29, 1.82) is 0 Å². The molecule has 0 spiro atoms. The van der Waals surface area contributed by atoms with Gasteiger partial charge in [0, 0.05) is 24.2 Å². The quantitative estimate of drug-likeness (QED) is 0.345. The molecule has 0 saturated carbocycles. The summed E-state index contributed by atoms with van der Waals surface area (Å²) in [6.45, 7) is 0.0813. The van der Waals surface area contributed by atoms with Gasteiger partial charge in [-0.25, -0.2) is 4.98 Å². The standard InChI is InChI=1S/C25H25ClF3N5O2/c26-19-7-4-15(5-8-19)11-20(30)23(35)34-21(12-16-2-1-3-18(10-16)25(27,28)29)24(36)33-14-17-6-9-22(31)32-13-17/h1-10,13,20-21H,11-12,14,30H2,(H2,31,32)(H,33,36)(H,34,35)/t20?,21-/m0/s1. The Labute approximate surface area is 211 Å². The predicted octanol–water partition coefficient (Wildman–Crippen LogP) is 3.25. The SMILES string of the molecule is Nc1ccc(CNC(=O)[C@H](Cc2cccc(C(F)(F)F)c2)NC(=O)C(N)Cc2ccc(Cl)cc2)cn1. The maximum Gasteiger partial charge on any atom is 0.416 e. The first-order valence-corrected chi connectivity index (χ1v) is 11.3. The van der Waals surface area contributed by atoms with Gasteiger partial charge in [0.15, 0.2) is 0 Å². The highest BCUT2D eigenvalue weighted by molar-refractivity contribution is 6.30. The number of nitrogens with one attached hydrogen (secondary N) is 2. The number of rotatable bonds is 9. The highest BCUT2D eigenvalue weighted by atomic mass is 35.5. The van der Waals surface area contributed by atoms with E-state index < -0.39 is 35.6 Å². The molecule has 3 rings (SSSR count). The van der Waals surface area contributed by atoms with Crippen LogP contribution in [0.3, 0.4) is 0 Å². The van der Waals surface area contributed by atoms with E-state index in [1.807, 2.05) is 0 Å². The Hall–Kier alpha value is -3.63. The number of nitrogens with zero attached hydrogens (tertiary/aromatic N) is 1. The highest BCUT2D eigenvalue weighted by Gasteiger charge is 2.31. The average Bonchev–Trinajstić information content (AvgIpc) is 2.84. The fraction of sp³-hybridized carbons (Fsp3) is 0.240. The molecule has 0 radical (unpaired) electrons. The number of hydrogen-bond acceptors (Lipinski definition) is 5.